The van der Waals surface area contributed by atoms with Gasteiger partial charge in [0.1, 0.15) is 0 Å². The molecule has 0 aliphatic heterocycles. The summed E-state index contributed by atoms with van der Waals surface area (Å²) in [5.74, 6) is -1.73. The zero-order valence-corrected chi connectivity index (χ0v) is 13.9. The number of hydrogen-bond donors (Lipinski definition) is 2. The third kappa shape index (κ3) is 3.23. The number of primary amides is 1. The molecule has 8 heteroatoms. The number of rotatable bonds is 5. The maximum Gasteiger partial charge on any atom is 0.335 e. The second-order valence-electron chi connectivity index (χ2n) is 5.17. The lowest BCUT2D eigenvalue weighted by Crippen LogP contribution is -2.27. The first-order chi connectivity index (χ1) is 11.1. The Balaban J connectivity index is 2.42. The summed E-state index contributed by atoms with van der Waals surface area (Å²) >= 11 is 0. The Hall–Kier alpha value is -2.87. The second-order valence-corrected chi connectivity index (χ2v) is 7.11. The SMILES string of the molecule is Cc1cc(C(=O)O)ccc1S(=O)(=O)N(C)c1ccc(C(N)=O)cc1. The smallest absolute Gasteiger partial charge is 0.335 e. The topological polar surface area (TPSA) is 118 Å². The average molecular weight is 348 g/mol. The second kappa shape index (κ2) is 6.32. The monoisotopic (exact) mass is 348 g/mol. The molecule has 126 valence electrons. The van der Waals surface area contributed by atoms with Crippen LogP contribution >= 0.6 is 0 Å². The molecule has 2 aromatic rings. The highest BCUT2D eigenvalue weighted by molar-refractivity contribution is 7.92. The zero-order chi connectivity index (χ0) is 18.1. The lowest BCUT2D eigenvalue weighted by molar-refractivity contribution is 0.0696. The molecule has 0 aliphatic carbocycles. The molecule has 2 rings (SSSR count). The number of amides is 1. The van der Waals surface area contributed by atoms with Crippen molar-refractivity contribution in [2.24, 2.45) is 5.73 Å². The van der Waals surface area contributed by atoms with E-state index in [1.807, 2.05) is 0 Å². The van der Waals surface area contributed by atoms with Crippen molar-refractivity contribution >= 4 is 27.6 Å². The molecule has 0 atom stereocenters. The third-order valence-corrected chi connectivity index (χ3v) is 5.52. The van der Waals surface area contributed by atoms with Crippen LogP contribution in [0.25, 0.3) is 0 Å². The van der Waals surface area contributed by atoms with Gasteiger partial charge in [0.05, 0.1) is 16.1 Å². The summed E-state index contributed by atoms with van der Waals surface area (Å²) in [6.07, 6.45) is 0. The highest BCUT2D eigenvalue weighted by Crippen LogP contribution is 2.25. The van der Waals surface area contributed by atoms with E-state index in [0.29, 0.717) is 11.3 Å². The van der Waals surface area contributed by atoms with Gasteiger partial charge in [0.15, 0.2) is 0 Å². The van der Waals surface area contributed by atoms with Gasteiger partial charge in [0, 0.05) is 12.6 Å². The molecule has 3 N–H and O–H groups in total. The number of carbonyl (C=O) groups is 2. The van der Waals surface area contributed by atoms with Crippen molar-refractivity contribution in [3.05, 3.63) is 59.2 Å². The Bertz CT molecular complexity index is 905. The number of carbonyl (C=O) groups excluding carboxylic acids is 1. The number of nitrogens with zero attached hydrogens (tertiary/aromatic N) is 1. The van der Waals surface area contributed by atoms with E-state index in [2.05, 4.69) is 0 Å². The number of sulfonamides is 1. The molecule has 0 spiro atoms. The van der Waals surface area contributed by atoms with E-state index in [-0.39, 0.29) is 16.0 Å². The van der Waals surface area contributed by atoms with Crippen molar-refractivity contribution in [1.82, 2.24) is 0 Å². The molecular weight excluding hydrogens is 332 g/mol. The van der Waals surface area contributed by atoms with E-state index in [4.69, 9.17) is 10.8 Å². The van der Waals surface area contributed by atoms with Gasteiger partial charge < -0.3 is 10.8 Å². The standard InChI is InChI=1S/C16H16N2O5S/c1-10-9-12(16(20)21)5-8-14(10)24(22,23)18(2)13-6-3-11(4-7-13)15(17)19/h3-9H,1-2H3,(H2,17,19)(H,20,21). The summed E-state index contributed by atoms with van der Waals surface area (Å²) in [5.41, 5.74) is 6.12. The van der Waals surface area contributed by atoms with Crippen LogP contribution in [-0.4, -0.2) is 32.4 Å². The molecule has 7 nitrogen and oxygen atoms in total. The van der Waals surface area contributed by atoms with Crippen LogP contribution in [0.1, 0.15) is 26.3 Å². The third-order valence-electron chi connectivity index (χ3n) is 3.58. The first kappa shape index (κ1) is 17.5. The summed E-state index contributed by atoms with van der Waals surface area (Å²) in [6.45, 7) is 1.53. The first-order valence-corrected chi connectivity index (χ1v) is 8.31. The fourth-order valence-electron chi connectivity index (χ4n) is 2.19. The molecule has 0 radical (unpaired) electrons. The van der Waals surface area contributed by atoms with Gasteiger partial charge in [0.2, 0.25) is 5.91 Å². The minimum Gasteiger partial charge on any atom is -0.478 e. The maximum atomic E-state index is 12.7. The Labute approximate surface area is 139 Å². The lowest BCUT2D eigenvalue weighted by atomic mass is 10.1. The van der Waals surface area contributed by atoms with Crippen LogP contribution < -0.4 is 10.0 Å². The number of nitrogens with two attached hydrogens (primary N) is 1. The Morgan fingerprint density at radius 3 is 2.04 bits per heavy atom. The largest absolute Gasteiger partial charge is 0.478 e. The van der Waals surface area contributed by atoms with Gasteiger partial charge in [-0.15, -0.1) is 0 Å². The van der Waals surface area contributed by atoms with E-state index in [9.17, 15) is 18.0 Å². The fourth-order valence-corrected chi connectivity index (χ4v) is 3.59. The summed E-state index contributed by atoms with van der Waals surface area (Å²) in [7, 11) is -2.50. The molecule has 2 aromatic carbocycles. The lowest BCUT2D eigenvalue weighted by Gasteiger charge is -2.21. The number of hydrogen-bond acceptors (Lipinski definition) is 4. The van der Waals surface area contributed by atoms with Gasteiger partial charge in [-0.25, -0.2) is 13.2 Å². The van der Waals surface area contributed by atoms with Crippen LogP contribution in [0.4, 0.5) is 5.69 Å². The number of carboxylic acid groups (broad SMARTS) is 1. The van der Waals surface area contributed by atoms with Crippen LogP contribution in [0.3, 0.4) is 0 Å². The number of anilines is 1. The van der Waals surface area contributed by atoms with Crippen molar-refractivity contribution < 1.29 is 23.1 Å². The predicted molar refractivity (Wildman–Crippen MR) is 88.7 cm³/mol. The maximum absolute atomic E-state index is 12.7. The zero-order valence-electron chi connectivity index (χ0n) is 13.1. The van der Waals surface area contributed by atoms with Crippen molar-refractivity contribution in [2.45, 2.75) is 11.8 Å². The van der Waals surface area contributed by atoms with Crippen molar-refractivity contribution in [3.63, 3.8) is 0 Å². The summed E-state index contributed by atoms with van der Waals surface area (Å²) < 4.78 is 26.5. The van der Waals surface area contributed by atoms with Crippen molar-refractivity contribution in [3.8, 4) is 0 Å². The van der Waals surface area contributed by atoms with Crippen molar-refractivity contribution in [1.29, 1.82) is 0 Å². The quantitative estimate of drug-likeness (QED) is 0.851. The minimum atomic E-state index is -3.87. The number of aryl methyl sites for hydroxylation is 1. The molecule has 1 amide bonds. The van der Waals surface area contributed by atoms with E-state index < -0.39 is 21.9 Å². The van der Waals surface area contributed by atoms with E-state index in [1.54, 1.807) is 0 Å². The summed E-state index contributed by atoms with van der Waals surface area (Å²) in [5, 5.41) is 8.96. The Kier molecular flexibility index (Phi) is 4.61. The molecule has 0 saturated heterocycles. The van der Waals surface area contributed by atoms with Gasteiger partial charge >= 0.3 is 5.97 Å². The van der Waals surface area contributed by atoms with Gasteiger partial charge in [0.25, 0.3) is 10.0 Å². The van der Waals surface area contributed by atoms with Crippen LogP contribution in [-0.2, 0) is 10.0 Å². The molecule has 0 bridgehead atoms. The molecule has 0 aromatic heterocycles. The average Bonchev–Trinajstić information content (AvgIpc) is 2.53. The van der Waals surface area contributed by atoms with E-state index in [1.165, 1.54) is 56.4 Å². The predicted octanol–water partition coefficient (Wildman–Crippen LogP) is 1.62. The summed E-state index contributed by atoms with van der Waals surface area (Å²) in [4.78, 5) is 22.0. The van der Waals surface area contributed by atoms with Crippen molar-refractivity contribution in [2.75, 3.05) is 11.4 Å². The number of aromatic carboxylic acids is 1. The Morgan fingerprint density at radius 1 is 1.04 bits per heavy atom. The highest BCUT2D eigenvalue weighted by Gasteiger charge is 2.24. The van der Waals surface area contributed by atoms with Crippen LogP contribution in [0.15, 0.2) is 47.4 Å². The molecular formula is C16H16N2O5S. The molecule has 0 aliphatic rings. The van der Waals surface area contributed by atoms with Gasteiger partial charge in [-0.3, -0.25) is 9.10 Å². The fraction of sp³-hybridized carbons (Fsp3) is 0.125. The Morgan fingerprint density at radius 2 is 1.58 bits per heavy atom. The van der Waals surface area contributed by atoms with E-state index >= 15 is 0 Å². The van der Waals surface area contributed by atoms with E-state index in [0.717, 1.165) is 4.31 Å². The van der Waals surface area contributed by atoms with Gasteiger partial charge in [-0.2, -0.15) is 0 Å². The number of benzene rings is 2. The molecule has 0 unspecified atom stereocenters. The summed E-state index contributed by atoms with van der Waals surface area (Å²) in [6, 6.07) is 9.62. The normalized spacial score (nSPS) is 11.1. The first-order valence-electron chi connectivity index (χ1n) is 6.87. The van der Waals surface area contributed by atoms with Crippen LogP contribution in [0.5, 0.6) is 0 Å². The van der Waals surface area contributed by atoms with Gasteiger partial charge in [-0.05, 0) is 55.0 Å². The molecule has 24 heavy (non-hydrogen) atoms. The van der Waals surface area contributed by atoms with Gasteiger partial charge in [-0.1, -0.05) is 0 Å². The highest BCUT2D eigenvalue weighted by atomic mass is 32.2. The minimum absolute atomic E-state index is 0.00831. The van der Waals surface area contributed by atoms with Crippen LogP contribution in [0.2, 0.25) is 0 Å². The van der Waals surface area contributed by atoms with Crippen LogP contribution in [0, 0.1) is 6.92 Å². The molecule has 0 heterocycles. The molecule has 0 saturated carbocycles. The number of carboxylic acids is 1. The molecule has 0 fully saturated rings.